The fourth-order valence-corrected chi connectivity index (χ4v) is 0.891. The third kappa shape index (κ3) is 2.58. The molecule has 2 heteroatoms. The van der Waals surface area contributed by atoms with Crippen LogP contribution in [0.1, 0.15) is 5.56 Å². The molecule has 0 N–H and O–H groups in total. The third-order valence-electron chi connectivity index (χ3n) is 0.606. The largest absolute Gasteiger partial charge is 0.304 e. The smallest absolute Gasteiger partial charge is 0 e. The maximum absolute atomic E-state index is 3.04. The Kier molecular flexibility index (Phi) is 4.20. The molecule has 0 unspecified atom stereocenters. The average molecular weight is 186 g/mol. The van der Waals surface area contributed by atoms with E-state index in [0.717, 1.165) is 0 Å². The summed E-state index contributed by atoms with van der Waals surface area (Å²) in [6.45, 7) is 2.04. The quantitative estimate of drug-likeness (QED) is 0.542. The minimum absolute atomic E-state index is 0. The number of hydrogen-bond donors (Lipinski definition) is 0. The Bertz CT molecular complexity index is 112. The molecule has 7 heavy (non-hydrogen) atoms. The van der Waals surface area contributed by atoms with Crippen LogP contribution in [0.25, 0.3) is 0 Å². The van der Waals surface area contributed by atoms with Gasteiger partial charge in [-0.2, -0.15) is 10.9 Å². The van der Waals surface area contributed by atoms with Gasteiger partial charge in [0, 0.05) is 32.7 Å². The molecule has 0 nitrogen and oxygen atoms in total. The van der Waals surface area contributed by atoms with Gasteiger partial charge in [0.15, 0.2) is 0 Å². The molecule has 0 atom stereocenters. The van der Waals surface area contributed by atoms with Crippen molar-refractivity contribution in [3.63, 3.8) is 0 Å². The van der Waals surface area contributed by atoms with Gasteiger partial charge in [-0.15, -0.1) is 5.38 Å². The van der Waals surface area contributed by atoms with Gasteiger partial charge in [-0.05, 0) is 0 Å². The van der Waals surface area contributed by atoms with Gasteiger partial charge in [0.2, 0.25) is 0 Å². The van der Waals surface area contributed by atoms with Crippen LogP contribution in [-0.2, 0) is 32.7 Å². The molecule has 1 heterocycles. The predicted molar refractivity (Wildman–Crippen MR) is 27.9 cm³/mol. The van der Waals surface area contributed by atoms with E-state index in [1.54, 1.807) is 11.3 Å². The predicted octanol–water partition coefficient (Wildman–Crippen LogP) is 1.85. The Hall–Kier alpha value is 0.804. The van der Waals surface area contributed by atoms with Crippen molar-refractivity contribution in [1.82, 2.24) is 0 Å². The van der Waals surface area contributed by atoms with Crippen molar-refractivity contribution < 1.29 is 32.7 Å². The first-order valence-electron chi connectivity index (χ1n) is 1.81. The van der Waals surface area contributed by atoms with E-state index in [4.69, 9.17) is 0 Å². The van der Waals surface area contributed by atoms with Gasteiger partial charge in [-0.1, -0.05) is 6.92 Å². The zero-order valence-electron chi connectivity index (χ0n) is 4.14. The van der Waals surface area contributed by atoms with Crippen LogP contribution in [0.3, 0.4) is 0 Å². The molecule has 0 amide bonds. The molecular weight excluding hydrogens is 181 g/mol. The molecule has 1 radical (unpaired) electrons. The molecule has 1 aromatic rings. The minimum Gasteiger partial charge on any atom is -0.304 e. The summed E-state index contributed by atoms with van der Waals surface area (Å²) in [5.41, 5.74) is 1.24. The molecule has 0 saturated heterocycles. The van der Waals surface area contributed by atoms with Crippen molar-refractivity contribution in [3.8, 4) is 0 Å². The van der Waals surface area contributed by atoms with E-state index in [-0.39, 0.29) is 32.7 Å². The van der Waals surface area contributed by atoms with E-state index in [2.05, 4.69) is 5.38 Å². The SMILES string of the molecule is Cc1[c-]scc1.[Y]. The summed E-state index contributed by atoms with van der Waals surface area (Å²) in [6.07, 6.45) is 0. The molecule has 0 bridgehead atoms. The van der Waals surface area contributed by atoms with E-state index in [9.17, 15) is 0 Å². The monoisotopic (exact) mass is 186 g/mol. The van der Waals surface area contributed by atoms with Crippen molar-refractivity contribution >= 4 is 11.3 Å². The van der Waals surface area contributed by atoms with Crippen molar-refractivity contribution in [2.75, 3.05) is 0 Å². The van der Waals surface area contributed by atoms with Gasteiger partial charge in [-0.25, -0.2) is 6.07 Å². The number of aryl methyl sites for hydroxylation is 1. The summed E-state index contributed by atoms with van der Waals surface area (Å²) in [5, 5.41) is 5.06. The van der Waals surface area contributed by atoms with Crippen LogP contribution < -0.4 is 0 Å². The Morgan fingerprint density at radius 2 is 2.43 bits per heavy atom. The Morgan fingerprint density at radius 1 is 1.71 bits per heavy atom. The van der Waals surface area contributed by atoms with Crippen molar-refractivity contribution in [3.05, 3.63) is 22.4 Å². The number of rotatable bonds is 0. The zero-order chi connectivity index (χ0) is 4.41. The Labute approximate surface area is 72.8 Å². The van der Waals surface area contributed by atoms with E-state index < -0.39 is 0 Å². The fraction of sp³-hybridized carbons (Fsp3) is 0.200. The Morgan fingerprint density at radius 3 is 2.57 bits per heavy atom. The average Bonchev–Trinajstić information content (AvgIpc) is 1.86. The summed E-state index contributed by atoms with van der Waals surface area (Å²) in [6, 6.07) is 2.05. The van der Waals surface area contributed by atoms with Crippen LogP contribution in [-0.4, -0.2) is 0 Å². The van der Waals surface area contributed by atoms with Gasteiger partial charge in [0.05, 0.1) is 0 Å². The zero-order valence-corrected chi connectivity index (χ0v) is 7.80. The van der Waals surface area contributed by atoms with Gasteiger partial charge >= 0.3 is 0 Å². The van der Waals surface area contributed by atoms with Crippen molar-refractivity contribution in [2.24, 2.45) is 0 Å². The Balaban J connectivity index is 0.000000360. The van der Waals surface area contributed by atoms with Crippen LogP contribution in [0.4, 0.5) is 0 Å². The molecule has 35 valence electrons. The third-order valence-corrected chi connectivity index (χ3v) is 1.32. The van der Waals surface area contributed by atoms with Crippen LogP contribution in [0.15, 0.2) is 11.4 Å². The van der Waals surface area contributed by atoms with Gasteiger partial charge in [0.25, 0.3) is 0 Å². The van der Waals surface area contributed by atoms with Crippen LogP contribution in [0.5, 0.6) is 0 Å². The van der Waals surface area contributed by atoms with E-state index >= 15 is 0 Å². The molecule has 1 rings (SSSR count). The maximum atomic E-state index is 3.04. The normalized spacial score (nSPS) is 7.57. The summed E-state index contributed by atoms with van der Waals surface area (Å²) in [5.74, 6) is 0. The molecule has 0 aliphatic rings. The van der Waals surface area contributed by atoms with E-state index in [1.165, 1.54) is 5.56 Å². The second-order valence-electron chi connectivity index (χ2n) is 1.21. The summed E-state index contributed by atoms with van der Waals surface area (Å²) >= 11 is 1.61. The van der Waals surface area contributed by atoms with Gasteiger partial charge in [0.1, 0.15) is 0 Å². The molecule has 1 aromatic heterocycles. The van der Waals surface area contributed by atoms with Gasteiger partial charge < -0.3 is 11.3 Å². The van der Waals surface area contributed by atoms with Crippen LogP contribution in [0.2, 0.25) is 0 Å². The number of hydrogen-bond acceptors (Lipinski definition) is 1. The molecule has 0 aliphatic carbocycles. The van der Waals surface area contributed by atoms with Crippen molar-refractivity contribution in [2.45, 2.75) is 6.92 Å². The first-order chi connectivity index (χ1) is 2.89. The molecule has 0 aliphatic heterocycles. The summed E-state index contributed by atoms with van der Waals surface area (Å²) in [4.78, 5) is 0. The van der Waals surface area contributed by atoms with Crippen LogP contribution in [0, 0.1) is 12.3 Å². The first-order valence-corrected chi connectivity index (χ1v) is 2.69. The van der Waals surface area contributed by atoms with E-state index in [1.807, 2.05) is 18.4 Å². The summed E-state index contributed by atoms with van der Waals surface area (Å²) < 4.78 is 0. The molecule has 0 saturated carbocycles. The molecule has 0 spiro atoms. The topological polar surface area (TPSA) is 0 Å². The van der Waals surface area contributed by atoms with Crippen molar-refractivity contribution in [1.29, 1.82) is 0 Å². The molecular formula is C5H5SY-. The minimum atomic E-state index is 0. The molecule has 0 aromatic carbocycles. The van der Waals surface area contributed by atoms with Crippen LogP contribution >= 0.6 is 11.3 Å². The standard InChI is InChI=1S/C5H5S.Y/c1-5-2-3-6-4-5;/h2-3H,1H3;/q-1;. The van der Waals surface area contributed by atoms with Gasteiger partial charge in [-0.3, -0.25) is 0 Å². The van der Waals surface area contributed by atoms with E-state index in [0.29, 0.717) is 0 Å². The summed E-state index contributed by atoms with van der Waals surface area (Å²) in [7, 11) is 0. The molecule has 0 fully saturated rings. The second-order valence-corrected chi connectivity index (χ2v) is 1.92. The maximum Gasteiger partial charge on any atom is 0 e. The first kappa shape index (κ1) is 7.80. The second kappa shape index (κ2) is 3.76. The number of thiophene rings is 1. The fourth-order valence-electron chi connectivity index (χ4n) is 0.297.